The number of amides is 1. The molecule has 154 valence electrons. The predicted molar refractivity (Wildman–Crippen MR) is 111 cm³/mol. The van der Waals surface area contributed by atoms with Crippen LogP contribution in [0.25, 0.3) is 0 Å². The highest BCUT2D eigenvalue weighted by Gasteiger charge is 2.32. The largest absolute Gasteiger partial charge is 0.492 e. The van der Waals surface area contributed by atoms with E-state index in [1.165, 1.54) is 0 Å². The number of nitrogens with zero attached hydrogens (tertiary/aromatic N) is 1. The second-order valence-electron chi connectivity index (χ2n) is 7.59. The van der Waals surface area contributed by atoms with Gasteiger partial charge in [0.1, 0.15) is 12.6 Å². The lowest BCUT2D eigenvalue weighted by Gasteiger charge is -2.22. The third-order valence-electron chi connectivity index (χ3n) is 5.14. The fourth-order valence-corrected chi connectivity index (χ4v) is 3.44. The van der Waals surface area contributed by atoms with Crippen molar-refractivity contribution in [3.05, 3.63) is 64.2 Å². The van der Waals surface area contributed by atoms with Crippen LogP contribution in [0.3, 0.4) is 0 Å². The van der Waals surface area contributed by atoms with E-state index in [2.05, 4.69) is 5.32 Å². The highest BCUT2D eigenvalue weighted by molar-refractivity contribution is 6.62. The number of carbonyl (C=O) groups is 2. The number of esters is 1. The Balaban J connectivity index is 1.71. The van der Waals surface area contributed by atoms with Gasteiger partial charge in [0, 0.05) is 5.56 Å². The average molecular weight is 406 g/mol. The van der Waals surface area contributed by atoms with E-state index in [9.17, 15) is 14.6 Å². The molecular formula is C22H23BN2O5. The van der Waals surface area contributed by atoms with Crippen LogP contribution in [0.1, 0.15) is 46.5 Å². The van der Waals surface area contributed by atoms with Gasteiger partial charge in [-0.25, -0.2) is 4.79 Å². The monoisotopic (exact) mass is 406 g/mol. The SMILES string of the molecule is Cc1c(C(=O)N[C@H](C(=O)OCc2cccc(C#N)c2)C(C)C)ccc2c1B(O)OC2. The number of nitrogens with one attached hydrogen (secondary N) is 1. The van der Waals surface area contributed by atoms with Gasteiger partial charge in [-0.1, -0.05) is 32.0 Å². The minimum absolute atomic E-state index is 0.00878. The van der Waals surface area contributed by atoms with Gasteiger partial charge in [-0.05, 0) is 53.2 Å². The summed E-state index contributed by atoms with van der Waals surface area (Å²) >= 11 is 0. The highest BCUT2D eigenvalue weighted by Crippen LogP contribution is 2.17. The minimum atomic E-state index is -1.05. The first-order chi connectivity index (χ1) is 14.3. The number of rotatable bonds is 6. The summed E-state index contributed by atoms with van der Waals surface area (Å²) in [5.74, 6) is -1.17. The molecule has 0 spiro atoms. The van der Waals surface area contributed by atoms with Crippen LogP contribution in [0.5, 0.6) is 0 Å². The molecule has 1 heterocycles. The number of benzene rings is 2. The van der Waals surface area contributed by atoms with Crippen molar-refractivity contribution in [2.24, 2.45) is 5.92 Å². The van der Waals surface area contributed by atoms with E-state index < -0.39 is 25.0 Å². The van der Waals surface area contributed by atoms with Crippen molar-refractivity contribution >= 4 is 24.5 Å². The summed E-state index contributed by atoms with van der Waals surface area (Å²) in [6.07, 6.45) is 0. The third-order valence-corrected chi connectivity index (χ3v) is 5.14. The van der Waals surface area contributed by atoms with Crippen molar-refractivity contribution in [1.29, 1.82) is 5.26 Å². The molecule has 1 atom stereocenters. The highest BCUT2D eigenvalue weighted by atomic mass is 16.5. The van der Waals surface area contributed by atoms with Crippen molar-refractivity contribution in [3.63, 3.8) is 0 Å². The fourth-order valence-electron chi connectivity index (χ4n) is 3.44. The molecule has 0 unspecified atom stereocenters. The Morgan fingerprint density at radius 3 is 2.80 bits per heavy atom. The van der Waals surface area contributed by atoms with E-state index in [1.807, 2.05) is 19.9 Å². The molecular weight excluding hydrogens is 383 g/mol. The summed E-state index contributed by atoms with van der Waals surface area (Å²) in [6.45, 7) is 5.68. The van der Waals surface area contributed by atoms with Gasteiger partial charge in [0.05, 0.1) is 18.2 Å². The van der Waals surface area contributed by atoms with Gasteiger partial charge in [-0.2, -0.15) is 5.26 Å². The summed E-state index contributed by atoms with van der Waals surface area (Å²) in [4.78, 5) is 25.5. The van der Waals surface area contributed by atoms with Crippen LogP contribution < -0.4 is 10.8 Å². The van der Waals surface area contributed by atoms with Crippen LogP contribution in [0.15, 0.2) is 36.4 Å². The maximum atomic E-state index is 12.9. The topological polar surface area (TPSA) is 109 Å². The van der Waals surface area contributed by atoms with Gasteiger partial charge < -0.3 is 19.7 Å². The summed E-state index contributed by atoms with van der Waals surface area (Å²) < 4.78 is 10.6. The summed E-state index contributed by atoms with van der Waals surface area (Å²) in [7, 11) is -1.05. The normalized spacial score (nSPS) is 13.5. The Morgan fingerprint density at radius 2 is 2.10 bits per heavy atom. The Labute approximate surface area is 175 Å². The first-order valence-electron chi connectivity index (χ1n) is 9.70. The number of ether oxygens (including phenoxy) is 1. The lowest BCUT2D eigenvalue weighted by Crippen LogP contribution is -2.46. The third kappa shape index (κ3) is 4.53. The zero-order valence-electron chi connectivity index (χ0n) is 17.1. The van der Waals surface area contributed by atoms with Crippen molar-refractivity contribution in [2.45, 2.75) is 40.0 Å². The second-order valence-corrected chi connectivity index (χ2v) is 7.59. The Bertz CT molecular complexity index is 1020. The first-order valence-corrected chi connectivity index (χ1v) is 9.70. The van der Waals surface area contributed by atoms with Crippen molar-refractivity contribution in [2.75, 3.05) is 0 Å². The molecule has 0 saturated heterocycles. The van der Waals surface area contributed by atoms with E-state index in [0.29, 0.717) is 34.3 Å². The van der Waals surface area contributed by atoms with Gasteiger partial charge in [0.25, 0.3) is 5.91 Å². The quantitative estimate of drug-likeness (QED) is 0.557. The van der Waals surface area contributed by atoms with Crippen LogP contribution in [-0.2, 0) is 27.4 Å². The molecule has 0 bridgehead atoms. The Morgan fingerprint density at radius 1 is 1.33 bits per heavy atom. The number of nitriles is 1. The molecule has 0 radical (unpaired) electrons. The van der Waals surface area contributed by atoms with Gasteiger partial charge in [0.2, 0.25) is 0 Å². The van der Waals surface area contributed by atoms with E-state index in [-0.39, 0.29) is 12.5 Å². The molecule has 1 amide bonds. The molecule has 3 rings (SSSR count). The zero-order valence-corrected chi connectivity index (χ0v) is 17.1. The van der Waals surface area contributed by atoms with Crippen LogP contribution in [-0.4, -0.2) is 30.1 Å². The maximum Gasteiger partial charge on any atom is 0.492 e. The van der Waals surface area contributed by atoms with Gasteiger partial charge in [0.15, 0.2) is 0 Å². The molecule has 2 aromatic rings. The van der Waals surface area contributed by atoms with E-state index in [1.54, 1.807) is 43.3 Å². The van der Waals surface area contributed by atoms with Gasteiger partial charge >= 0.3 is 13.1 Å². The fraction of sp³-hybridized carbons (Fsp3) is 0.318. The van der Waals surface area contributed by atoms with Crippen LogP contribution in [0, 0.1) is 24.2 Å². The number of fused-ring (bicyclic) bond motifs is 1. The van der Waals surface area contributed by atoms with E-state index >= 15 is 0 Å². The molecule has 8 heteroatoms. The summed E-state index contributed by atoms with van der Waals surface area (Å²) in [6, 6.07) is 11.4. The molecule has 2 N–H and O–H groups in total. The van der Waals surface area contributed by atoms with Crippen LogP contribution >= 0.6 is 0 Å². The number of carbonyl (C=O) groups excluding carboxylic acids is 2. The molecule has 1 aliphatic rings. The smallest absolute Gasteiger partial charge is 0.459 e. The molecule has 1 aliphatic heterocycles. The molecule has 7 nitrogen and oxygen atoms in total. The zero-order chi connectivity index (χ0) is 21.8. The lowest BCUT2D eigenvalue weighted by atomic mass is 9.75. The van der Waals surface area contributed by atoms with Gasteiger partial charge in [-0.15, -0.1) is 0 Å². The summed E-state index contributed by atoms with van der Waals surface area (Å²) in [5, 5.41) is 21.7. The summed E-state index contributed by atoms with van der Waals surface area (Å²) in [5.41, 5.74) is 3.62. The lowest BCUT2D eigenvalue weighted by molar-refractivity contribution is -0.148. The van der Waals surface area contributed by atoms with E-state index in [0.717, 1.165) is 5.56 Å². The Kier molecular flexibility index (Phi) is 6.55. The van der Waals surface area contributed by atoms with E-state index in [4.69, 9.17) is 14.7 Å². The standard InChI is InChI=1S/C22H23BN2O5/c1-13(2)20(22(27)29-11-16-6-4-5-15(9-16)10-24)25-21(26)18-8-7-17-12-30-23(28)19(17)14(18)3/h4-9,13,20,28H,11-12H2,1-3H3,(H,25,26)/t20-/m0/s1. The Hall–Kier alpha value is -3.15. The minimum Gasteiger partial charge on any atom is -0.459 e. The number of hydrogen-bond donors (Lipinski definition) is 2. The second kappa shape index (κ2) is 9.12. The van der Waals surface area contributed by atoms with Crippen LogP contribution in [0.2, 0.25) is 0 Å². The maximum absolute atomic E-state index is 12.9. The molecule has 0 saturated carbocycles. The average Bonchev–Trinajstić information content (AvgIpc) is 3.11. The van der Waals surface area contributed by atoms with Crippen molar-refractivity contribution in [1.82, 2.24) is 5.32 Å². The van der Waals surface area contributed by atoms with Crippen molar-refractivity contribution in [3.8, 4) is 6.07 Å². The number of hydrogen-bond acceptors (Lipinski definition) is 6. The predicted octanol–water partition coefficient (Wildman–Crippen LogP) is 1.58. The van der Waals surface area contributed by atoms with Crippen molar-refractivity contribution < 1.29 is 24.0 Å². The van der Waals surface area contributed by atoms with Gasteiger partial charge in [-0.3, -0.25) is 4.79 Å². The molecule has 0 fully saturated rings. The molecule has 30 heavy (non-hydrogen) atoms. The van der Waals surface area contributed by atoms with Crippen LogP contribution in [0.4, 0.5) is 0 Å². The first kappa shape index (κ1) is 21.6. The molecule has 0 aliphatic carbocycles. The molecule has 2 aromatic carbocycles. The molecule has 0 aromatic heterocycles.